The number of carbonyl (C=O) groups is 4. The Morgan fingerprint density at radius 3 is 0.808 bits per heavy atom. The van der Waals surface area contributed by atoms with Gasteiger partial charge in [-0.2, -0.15) is 0 Å². The van der Waals surface area contributed by atoms with Crippen molar-refractivity contribution in [2.75, 3.05) is 39.6 Å². The molecule has 0 aliphatic heterocycles. The van der Waals surface area contributed by atoms with E-state index in [1.54, 1.807) is 0 Å². The summed E-state index contributed by atoms with van der Waals surface area (Å²) in [5.41, 5.74) is 0. The summed E-state index contributed by atoms with van der Waals surface area (Å²) in [4.78, 5) is 73.0. The Hall–Kier alpha value is -4.28. The molecule has 0 aromatic carbocycles. The predicted molar refractivity (Wildman–Crippen MR) is 427 cm³/mol. The van der Waals surface area contributed by atoms with Gasteiger partial charge in [-0.3, -0.25) is 37.3 Å². The number of phosphoric acid groups is 2. The molecule has 0 amide bonds. The van der Waals surface area contributed by atoms with E-state index in [0.717, 1.165) is 122 Å². The van der Waals surface area contributed by atoms with Crippen LogP contribution in [0.2, 0.25) is 0 Å². The van der Waals surface area contributed by atoms with Crippen LogP contribution in [0, 0.1) is 0 Å². The number of aliphatic hydroxyl groups is 1. The van der Waals surface area contributed by atoms with Gasteiger partial charge in [-0.1, -0.05) is 304 Å². The van der Waals surface area contributed by atoms with Gasteiger partial charge >= 0.3 is 39.5 Å². The Balaban J connectivity index is 5.45. The number of hydrogen-bond donors (Lipinski definition) is 3. The highest BCUT2D eigenvalue weighted by Gasteiger charge is 2.30. The van der Waals surface area contributed by atoms with Crippen molar-refractivity contribution < 1.29 is 80.2 Å². The zero-order valence-electron chi connectivity index (χ0n) is 65.7. The Kier molecular flexibility index (Phi) is 73.7. The topological polar surface area (TPSA) is 237 Å². The fourth-order valence-electron chi connectivity index (χ4n) is 10.9. The number of aliphatic hydroxyl groups excluding tert-OH is 1. The summed E-state index contributed by atoms with van der Waals surface area (Å²) >= 11 is 0. The number of phosphoric ester groups is 2. The van der Waals surface area contributed by atoms with E-state index in [1.165, 1.54) is 135 Å². The summed E-state index contributed by atoms with van der Waals surface area (Å²) in [5, 5.41) is 10.6. The van der Waals surface area contributed by atoms with E-state index >= 15 is 0 Å². The minimum absolute atomic E-state index is 0.0192. The lowest BCUT2D eigenvalue weighted by molar-refractivity contribution is -0.161. The van der Waals surface area contributed by atoms with Crippen molar-refractivity contribution >= 4 is 39.5 Å². The first-order valence-corrected chi connectivity index (χ1v) is 44.1. The average molecular weight is 1500 g/mol. The minimum Gasteiger partial charge on any atom is -0.462 e. The summed E-state index contributed by atoms with van der Waals surface area (Å²) in [5.74, 6) is -2.29. The lowest BCUT2D eigenvalue weighted by Crippen LogP contribution is -2.30. The maximum Gasteiger partial charge on any atom is 0.472 e. The third-order valence-electron chi connectivity index (χ3n) is 17.2. The largest absolute Gasteiger partial charge is 0.472 e. The normalized spacial score (nSPS) is 14.4. The zero-order chi connectivity index (χ0) is 76.0. The molecule has 600 valence electrons. The molecule has 0 aliphatic rings. The van der Waals surface area contributed by atoms with Gasteiger partial charge in [0.25, 0.3) is 0 Å². The van der Waals surface area contributed by atoms with Crippen LogP contribution in [0.3, 0.4) is 0 Å². The van der Waals surface area contributed by atoms with Crippen LogP contribution in [0.4, 0.5) is 0 Å². The maximum atomic E-state index is 13.1. The van der Waals surface area contributed by atoms with Crippen LogP contribution in [-0.2, 0) is 65.4 Å². The lowest BCUT2D eigenvalue weighted by Gasteiger charge is -2.21. The van der Waals surface area contributed by atoms with E-state index in [4.69, 9.17) is 37.0 Å². The van der Waals surface area contributed by atoms with Crippen LogP contribution in [-0.4, -0.2) is 96.7 Å². The standard InChI is InChI=1S/C85H148O17P2/c1-5-9-13-17-21-25-29-33-37-39-43-46-50-54-58-62-66-70-83(88)96-76-80(101-84(89)71-67-63-59-55-51-47-42-36-32-28-24-20-16-12-8-4)77-99-103(91,92)97-73-79(86)74-98-104(93,94)100-78-81(75-95-82(87)69-65-61-57-53-49-45-41-35-31-27-23-19-15-11-7-3)102-85(90)72-68-64-60-56-52-48-44-40-38-34-30-26-22-18-14-10-6-2/h21-22,25-26,28,32-34,37-38,43-44,46,48,54,56,58,60,79-81,86H,5-20,23-24,27,29-31,35-36,39-42,45,47,49-53,55,57,59,61-78H2,1-4H3,(H,91,92)(H,93,94)/b25-21-,26-22-,32-28-,37-33-,38-34-,46-43-,48-44-,58-54-,60-56-/t79-,80-,81-/m1/s1. The summed E-state index contributed by atoms with van der Waals surface area (Å²) in [6.45, 7) is 4.72. The second-order valence-electron chi connectivity index (χ2n) is 27.4. The monoisotopic (exact) mass is 1500 g/mol. The maximum absolute atomic E-state index is 13.1. The van der Waals surface area contributed by atoms with Gasteiger partial charge in [0.1, 0.15) is 19.3 Å². The lowest BCUT2D eigenvalue weighted by atomic mass is 10.0. The molecular formula is C85H148O17P2. The summed E-state index contributed by atoms with van der Waals surface area (Å²) in [7, 11) is -9.99. The number of carbonyl (C=O) groups excluding carboxylic acids is 4. The van der Waals surface area contributed by atoms with Crippen LogP contribution in [0.1, 0.15) is 349 Å². The minimum atomic E-state index is -4.99. The summed E-state index contributed by atoms with van der Waals surface area (Å²) in [6, 6.07) is 0. The fraction of sp³-hybridized carbons (Fsp3) is 0.741. The van der Waals surface area contributed by atoms with Gasteiger partial charge in [0.05, 0.1) is 26.4 Å². The molecule has 0 aromatic heterocycles. The molecule has 0 fully saturated rings. The first-order chi connectivity index (χ1) is 50.7. The average Bonchev–Trinajstić information content (AvgIpc) is 0.909. The molecule has 3 N–H and O–H groups in total. The highest BCUT2D eigenvalue weighted by molar-refractivity contribution is 7.47. The number of ether oxygens (including phenoxy) is 4. The van der Waals surface area contributed by atoms with Crippen LogP contribution < -0.4 is 0 Å². The van der Waals surface area contributed by atoms with Crippen molar-refractivity contribution in [3.05, 3.63) is 109 Å². The Bertz CT molecular complexity index is 2390. The third kappa shape index (κ3) is 75.9. The molecular weight excluding hydrogens is 1350 g/mol. The van der Waals surface area contributed by atoms with Gasteiger partial charge in [0, 0.05) is 25.7 Å². The van der Waals surface area contributed by atoms with Crippen molar-refractivity contribution in [1.29, 1.82) is 0 Å². The van der Waals surface area contributed by atoms with Gasteiger partial charge in [-0.15, -0.1) is 0 Å². The van der Waals surface area contributed by atoms with E-state index in [2.05, 4.69) is 113 Å². The van der Waals surface area contributed by atoms with Crippen LogP contribution in [0.5, 0.6) is 0 Å². The molecule has 0 aromatic rings. The summed E-state index contributed by atoms with van der Waals surface area (Å²) in [6.07, 6.45) is 83.6. The van der Waals surface area contributed by atoms with E-state index in [1.807, 2.05) is 24.3 Å². The van der Waals surface area contributed by atoms with Crippen LogP contribution >= 0.6 is 15.6 Å². The van der Waals surface area contributed by atoms with Gasteiger partial charge in [-0.25, -0.2) is 9.13 Å². The molecule has 0 saturated heterocycles. The molecule has 0 rings (SSSR count). The fourth-order valence-corrected chi connectivity index (χ4v) is 12.5. The first kappa shape index (κ1) is 99.7. The van der Waals surface area contributed by atoms with E-state index in [0.29, 0.717) is 38.5 Å². The van der Waals surface area contributed by atoms with Gasteiger partial charge < -0.3 is 33.8 Å². The Morgan fingerprint density at radius 1 is 0.269 bits per heavy atom. The Labute approximate surface area is 632 Å². The highest BCUT2D eigenvalue weighted by Crippen LogP contribution is 2.45. The van der Waals surface area contributed by atoms with E-state index in [-0.39, 0.29) is 25.7 Å². The van der Waals surface area contributed by atoms with Crippen LogP contribution in [0.15, 0.2) is 109 Å². The number of hydrogen-bond acceptors (Lipinski definition) is 15. The third-order valence-corrected chi connectivity index (χ3v) is 19.1. The van der Waals surface area contributed by atoms with Gasteiger partial charge in [0.2, 0.25) is 0 Å². The predicted octanol–water partition coefficient (Wildman–Crippen LogP) is 24.1. The molecule has 19 heteroatoms. The van der Waals surface area contributed by atoms with Gasteiger partial charge in [-0.05, 0) is 128 Å². The second kappa shape index (κ2) is 76.9. The molecule has 104 heavy (non-hydrogen) atoms. The van der Waals surface area contributed by atoms with Crippen molar-refractivity contribution in [2.45, 2.75) is 367 Å². The molecule has 5 atom stereocenters. The van der Waals surface area contributed by atoms with Crippen molar-refractivity contribution in [2.24, 2.45) is 0 Å². The number of esters is 4. The highest BCUT2D eigenvalue weighted by atomic mass is 31.2. The zero-order valence-corrected chi connectivity index (χ0v) is 67.5. The van der Waals surface area contributed by atoms with Crippen LogP contribution in [0.25, 0.3) is 0 Å². The second-order valence-corrected chi connectivity index (χ2v) is 30.3. The number of allylic oxidation sites excluding steroid dienone is 18. The molecule has 2 unspecified atom stereocenters. The molecule has 0 aliphatic carbocycles. The van der Waals surface area contributed by atoms with E-state index < -0.39 is 97.5 Å². The first-order valence-electron chi connectivity index (χ1n) is 41.1. The Morgan fingerprint density at radius 2 is 0.481 bits per heavy atom. The molecule has 0 spiro atoms. The molecule has 0 saturated carbocycles. The molecule has 17 nitrogen and oxygen atoms in total. The molecule has 0 bridgehead atoms. The molecule has 0 radical (unpaired) electrons. The van der Waals surface area contributed by atoms with E-state index in [9.17, 15) is 43.2 Å². The number of unbranched alkanes of at least 4 members (excludes halogenated alkanes) is 33. The number of rotatable bonds is 77. The quantitative estimate of drug-likeness (QED) is 0.0169. The van der Waals surface area contributed by atoms with Crippen molar-refractivity contribution in [3.63, 3.8) is 0 Å². The smallest absolute Gasteiger partial charge is 0.462 e. The van der Waals surface area contributed by atoms with Crippen molar-refractivity contribution in [1.82, 2.24) is 0 Å². The van der Waals surface area contributed by atoms with Crippen molar-refractivity contribution in [3.8, 4) is 0 Å². The molecule has 0 heterocycles. The van der Waals surface area contributed by atoms with Gasteiger partial charge in [0.15, 0.2) is 12.2 Å². The SMILES string of the molecule is CCCCC/C=C\C/C=C\C/C=C\C/C=C\CCCC(=O)OC[C@H](COP(=O)(O)OC[C@@H](O)COP(=O)(O)OC[C@@H](COC(=O)CCCCCCCCCCCCCCCCC)OC(=O)CCC/C=C\C/C=C\C/C=C\C/C=C\CCCCC)OC(=O)CCCCCCCCC/C=C\CCCCCC. The summed E-state index contributed by atoms with van der Waals surface area (Å²) < 4.78 is 68.6.